The molecule has 1 saturated heterocycles. The quantitative estimate of drug-likeness (QED) is 0.712. The molecule has 148 valence electrons. The molecule has 1 aliphatic rings. The highest BCUT2D eigenvalue weighted by Gasteiger charge is 2.38. The first-order valence-electron chi connectivity index (χ1n) is 9.21. The molecule has 0 radical (unpaired) electrons. The van der Waals surface area contributed by atoms with Crippen LogP contribution in [-0.4, -0.2) is 38.7 Å². The van der Waals surface area contributed by atoms with E-state index in [4.69, 9.17) is 15.2 Å². The lowest BCUT2D eigenvalue weighted by molar-refractivity contribution is -0.130. The molecule has 7 nitrogen and oxygen atoms in total. The van der Waals surface area contributed by atoms with Gasteiger partial charge in [-0.05, 0) is 61.4 Å². The zero-order valence-electron chi connectivity index (χ0n) is 15.9. The largest absolute Gasteiger partial charge is 0.497 e. The highest BCUT2D eigenvalue weighted by molar-refractivity contribution is 6.04. The second-order valence-electron chi connectivity index (χ2n) is 6.81. The summed E-state index contributed by atoms with van der Waals surface area (Å²) in [7, 11) is 1.59. The first kappa shape index (κ1) is 19.9. The van der Waals surface area contributed by atoms with Crippen molar-refractivity contribution >= 4 is 23.2 Å². The van der Waals surface area contributed by atoms with Gasteiger partial charge in [0.2, 0.25) is 5.91 Å². The predicted molar refractivity (Wildman–Crippen MR) is 108 cm³/mol. The van der Waals surface area contributed by atoms with E-state index in [2.05, 4.69) is 10.6 Å². The number of hydrogen-bond acceptors (Lipinski definition) is 5. The maximum absolute atomic E-state index is 12.7. The highest BCUT2D eigenvalue weighted by Crippen LogP contribution is 2.31. The third-order valence-corrected chi connectivity index (χ3v) is 5.08. The number of nitrogens with one attached hydrogen (secondary N) is 2. The van der Waals surface area contributed by atoms with Gasteiger partial charge in [-0.3, -0.25) is 9.59 Å². The van der Waals surface area contributed by atoms with Crippen LogP contribution in [0.2, 0.25) is 0 Å². The predicted octanol–water partition coefficient (Wildman–Crippen LogP) is 2.64. The van der Waals surface area contributed by atoms with Crippen molar-refractivity contribution in [1.82, 2.24) is 0 Å². The molecule has 0 bridgehead atoms. The first-order chi connectivity index (χ1) is 13.6. The number of amides is 2. The molecular formula is C21H25N3O4. The average Bonchev–Trinajstić information content (AvgIpc) is 2.75. The fourth-order valence-electron chi connectivity index (χ4n) is 3.13. The van der Waals surface area contributed by atoms with Gasteiger partial charge < -0.3 is 25.8 Å². The third kappa shape index (κ3) is 4.49. The SMILES string of the molecule is COc1ccc(NC(=O)c2ccc(NC(=O)C3(CN)CCOCC3)cc2)cc1. The van der Waals surface area contributed by atoms with Crippen molar-refractivity contribution in [3.05, 3.63) is 54.1 Å². The lowest BCUT2D eigenvalue weighted by atomic mass is 9.79. The molecule has 1 heterocycles. The third-order valence-electron chi connectivity index (χ3n) is 5.08. The number of anilines is 2. The molecule has 7 heteroatoms. The fraction of sp³-hybridized carbons (Fsp3) is 0.333. The van der Waals surface area contributed by atoms with E-state index in [1.165, 1.54) is 0 Å². The minimum absolute atomic E-state index is 0.103. The molecule has 0 saturated carbocycles. The number of methoxy groups -OCH3 is 1. The van der Waals surface area contributed by atoms with Crippen LogP contribution in [0.15, 0.2) is 48.5 Å². The first-order valence-corrected chi connectivity index (χ1v) is 9.21. The van der Waals surface area contributed by atoms with Gasteiger partial charge in [0.25, 0.3) is 5.91 Å². The van der Waals surface area contributed by atoms with E-state index in [9.17, 15) is 9.59 Å². The molecule has 0 unspecified atom stereocenters. The number of benzene rings is 2. The Morgan fingerprint density at radius 2 is 1.57 bits per heavy atom. The number of carbonyl (C=O) groups excluding carboxylic acids is 2. The average molecular weight is 383 g/mol. The molecule has 1 aliphatic heterocycles. The van der Waals surface area contributed by atoms with Gasteiger partial charge in [0, 0.05) is 36.7 Å². The summed E-state index contributed by atoms with van der Waals surface area (Å²) in [5.41, 5.74) is 7.07. The van der Waals surface area contributed by atoms with Gasteiger partial charge in [-0.25, -0.2) is 0 Å². The molecule has 2 aromatic rings. The summed E-state index contributed by atoms with van der Waals surface area (Å²) in [6.07, 6.45) is 1.22. The van der Waals surface area contributed by atoms with Crippen LogP contribution in [0.1, 0.15) is 23.2 Å². The Hall–Kier alpha value is -2.90. The Kier molecular flexibility index (Phi) is 6.28. The van der Waals surface area contributed by atoms with Gasteiger partial charge in [0.05, 0.1) is 12.5 Å². The van der Waals surface area contributed by atoms with Crippen molar-refractivity contribution in [2.75, 3.05) is 37.5 Å². The maximum atomic E-state index is 12.7. The number of rotatable bonds is 6. The number of nitrogens with two attached hydrogens (primary N) is 1. The minimum atomic E-state index is -0.595. The second kappa shape index (κ2) is 8.86. The van der Waals surface area contributed by atoms with Gasteiger partial charge in [-0.15, -0.1) is 0 Å². The molecule has 3 rings (SSSR count). The molecule has 0 atom stereocenters. The summed E-state index contributed by atoms with van der Waals surface area (Å²) < 4.78 is 10.4. The smallest absolute Gasteiger partial charge is 0.255 e. The summed E-state index contributed by atoms with van der Waals surface area (Å²) in [6, 6.07) is 13.9. The monoisotopic (exact) mass is 383 g/mol. The van der Waals surface area contributed by atoms with Crippen LogP contribution in [0.4, 0.5) is 11.4 Å². The normalized spacial score (nSPS) is 15.5. The molecule has 2 aromatic carbocycles. The van der Waals surface area contributed by atoms with E-state index >= 15 is 0 Å². The summed E-state index contributed by atoms with van der Waals surface area (Å²) in [5.74, 6) is 0.387. The van der Waals surface area contributed by atoms with Gasteiger partial charge in [-0.2, -0.15) is 0 Å². The zero-order chi connectivity index (χ0) is 20.0. The Bertz CT molecular complexity index is 813. The van der Waals surface area contributed by atoms with Crippen LogP contribution in [0.3, 0.4) is 0 Å². The number of ether oxygens (including phenoxy) is 2. The van der Waals surface area contributed by atoms with Crippen molar-refractivity contribution < 1.29 is 19.1 Å². The standard InChI is InChI=1S/C21H25N3O4/c1-27-18-8-6-16(7-9-18)23-19(25)15-2-4-17(5-3-15)24-20(26)21(14-22)10-12-28-13-11-21/h2-9H,10-14,22H2,1H3,(H,23,25)(H,24,26). The Morgan fingerprint density at radius 1 is 1.00 bits per heavy atom. The Balaban J connectivity index is 1.62. The molecule has 28 heavy (non-hydrogen) atoms. The lowest BCUT2D eigenvalue weighted by Crippen LogP contribution is -2.46. The fourth-order valence-corrected chi connectivity index (χ4v) is 3.13. The van der Waals surface area contributed by atoms with Crippen LogP contribution in [0, 0.1) is 5.41 Å². The maximum Gasteiger partial charge on any atom is 0.255 e. The van der Waals surface area contributed by atoms with Gasteiger partial charge in [0.15, 0.2) is 0 Å². The van der Waals surface area contributed by atoms with E-state index in [0.717, 1.165) is 5.75 Å². The summed E-state index contributed by atoms with van der Waals surface area (Å²) in [6.45, 7) is 1.36. The minimum Gasteiger partial charge on any atom is -0.497 e. The van der Waals surface area contributed by atoms with Crippen molar-refractivity contribution in [3.8, 4) is 5.75 Å². The molecule has 0 aromatic heterocycles. The molecule has 4 N–H and O–H groups in total. The van der Waals surface area contributed by atoms with Crippen LogP contribution < -0.4 is 21.1 Å². The van der Waals surface area contributed by atoms with E-state index in [-0.39, 0.29) is 18.4 Å². The van der Waals surface area contributed by atoms with Crippen LogP contribution in [-0.2, 0) is 9.53 Å². The van der Waals surface area contributed by atoms with E-state index in [1.807, 2.05) is 0 Å². The van der Waals surface area contributed by atoms with E-state index < -0.39 is 5.41 Å². The van der Waals surface area contributed by atoms with Crippen molar-refractivity contribution in [1.29, 1.82) is 0 Å². The molecule has 2 amide bonds. The molecule has 1 fully saturated rings. The summed E-state index contributed by atoms with van der Waals surface area (Å²) >= 11 is 0. The highest BCUT2D eigenvalue weighted by atomic mass is 16.5. The Labute approximate surface area is 164 Å². The van der Waals surface area contributed by atoms with E-state index in [1.54, 1.807) is 55.6 Å². The summed E-state index contributed by atoms with van der Waals surface area (Å²) in [5, 5.41) is 5.74. The van der Waals surface area contributed by atoms with Crippen LogP contribution in [0.5, 0.6) is 5.75 Å². The van der Waals surface area contributed by atoms with Crippen LogP contribution in [0.25, 0.3) is 0 Å². The van der Waals surface area contributed by atoms with Gasteiger partial charge in [-0.1, -0.05) is 0 Å². The second-order valence-corrected chi connectivity index (χ2v) is 6.81. The van der Waals surface area contributed by atoms with Gasteiger partial charge in [0.1, 0.15) is 5.75 Å². The molecule has 0 spiro atoms. The van der Waals surface area contributed by atoms with Crippen molar-refractivity contribution in [2.45, 2.75) is 12.8 Å². The van der Waals surface area contributed by atoms with Gasteiger partial charge >= 0.3 is 0 Å². The summed E-state index contributed by atoms with van der Waals surface area (Å²) in [4.78, 5) is 25.1. The molecule has 0 aliphatic carbocycles. The lowest BCUT2D eigenvalue weighted by Gasteiger charge is -2.34. The van der Waals surface area contributed by atoms with Crippen molar-refractivity contribution in [3.63, 3.8) is 0 Å². The van der Waals surface area contributed by atoms with Crippen molar-refractivity contribution in [2.24, 2.45) is 11.1 Å². The van der Waals surface area contributed by atoms with E-state index in [0.29, 0.717) is 43.0 Å². The number of hydrogen-bond donors (Lipinski definition) is 3. The topological polar surface area (TPSA) is 103 Å². The zero-order valence-corrected chi connectivity index (χ0v) is 15.9. The molecular weight excluding hydrogens is 358 g/mol. The number of carbonyl (C=O) groups is 2. The van der Waals surface area contributed by atoms with Crippen LogP contribution >= 0.6 is 0 Å². The Morgan fingerprint density at radius 3 is 2.14 bits per heavy atom.